The summed E-state index contributed by atoms with van der Waals surface area (Å²) in [6.45, 7) is 3.75. The van der Waals surface area contributed by atoms with E-state index in [2.05, 4.69) is 26.3 Å². The van der Waals surface area contributed by atoms with Gasteiger partial charge in [-0.2, -0.15) is 0 Å². The molecule has 0 atom stereocenters. The maximum absolute atomic E-state index is 6.19. The molecule has 23 heavy (non-hydrogen) atoms. The van der Waals surface area contributed by atoms with Crippen LogP contribution in [-0.4, -0.2) is 14.1 Å². The fraction of sp³-hybridized carbons (Fsp3) is 0.167. The van der Waals surface area contributed by atoms with Crippen LogP contribution in [0.1, 0.15) is 5.82 Å². The van der Waals surface area contributed by atoms with E-state index in [-0.39, 0.29) is 0 Å². The molecule has 0 aliphatic heterocycles. The third-order valence-electron chi connectivity index (χ3n) is 4.28. The van der Waals surface area contributed by atoms with Crippen molar-refractivity contribution in [2.45, 2.75) is 20.0 Å². The average molecular weight is 344 g/mol. The molecule has 116 valence electrons. The Labute approximate surface area is 144 Å². The van der Waals surface area contributed by atoms with E-state index in [4.69, 9.17) is 23.2 Å². The molecule has 0 fully saturated rings. The summed E-state index contributed by atoms with van der Waals surface area (Å²) < 4.78 is 4.47. The second-order valence-electron chi connectivity index (χ2n) is 5.64. The van der Waals surface area contributed by atoms with Crippen molar-refractivity contribution in [2.75, 3.05) is 0 Å². The Morgan fingerprint density at radius 2 is 1.52 bits per heavy atom. The Hall–Kier alpha value is -1.97. The van der Waals surface area contributed by atoms with Crippen molar-refractivity contribution in [3.8, 4) is 0 Å². The molecule has 0 unspecified atom stereocenters. The third kappa shape index (κ3) is 2.50. The normalized spacial score (nSPS) is 11.6. The molecule has 0 bridgehead atoms. The predicted octanol–water partition coefficient (Wildman–Crippen LogP) is 5.31. The van der Waals surface area contributed by atoms with Crippen LogP contribution in [0, 0.1) is 6.92 Å². The lowest BCUT2D eigenvalue weighted by Crippen LogP contribution is -2.07. The van der Waals surface area contributed by atoms with E-state index in [1.54, 1.807) is 0 Å². The fourth-order valence-electron chi connectivity index (χ4n) is 3.14. The van der Waals surface area contributed by atoms with Gasteiger partial charge in [-0.25, -0.2) is 4.98 Å². The van der Waals surface area contributed by atoms with Gasteiger partial charge in [0.2, 0.25) is 0 Å². The van der Waals surface area contributed by atoms with Gasteiger partial charge in [-0.15, -0.1) is 0 Å². The summed E-state index contributed by atoms with van der Waals surface area (Å²) in [5.74, 6) is 1.02. The van der Waals surface area contributed by atoms with E-state index in [9.17, 15) is 0 Å². The van der Waals surface area contributed by atoms with Gasteiger partial charge in [-0.05, 0) is 43.3 Å². The molecule has 0 aliphatic rings. The maximum atomic E-state index is 6.19. The van der Waals surface area contributed by atoms with Crippen molar-refractivity contribution >= 4 is 45.0 Å². The number of halogens is 2. The first-order valence-electron chi connectivity index (χ1n) is 7.48. The fourth-order valence-corrected chi connectivity index (χ4v) is 3.48. The number of aryl methyl sites for hydroxylation is 3. The Morgan fingerprint density at radius 1 is 0.913 bits per heavy atom. The van der Waals surface area contributed by atoms with Crippen molar-refractivity contribution in [1.29, 1.82) is 0 Å². The van der Waals surface area contributed by atoms with Gasteiger partial charge in [0.05, 0.1) is 0 Å². The minimum absolute atomic E-state index is 0.738. The van der Waals surface area contributed by atoms with Crippen molar-refractivity contribution in [3.63, 3.8) is 0 Å². The average Bonchev–Trinajstić information content (AvgIpc) is 3.06. The minimum Gasteiger partial charge on any atom is -0.339 e. The first-order chi connectivity index (χ1) is 11.1. The molecule has 0 radical (unpaired) electrons. The Bertz CT molecular complexity index is 955. The van der Waals surface area contributed by atoms with Gasteiger partial charge in [0.1, 0.15) is 5.82 Å². The van der Waals surface area contributed by atoms with Crippen molar-refractivity contribution in [1.82, 2.24) is 14.1 Å². The molecule has 5 heteroatoms. The molecule has 3 nitrogen and oxygen atoms in total. The summed E-state index contributed by atoms with van der Waals surface area (Å²) in [6.07, 6.45) is 3.84. The van der Waals surface area contributed by atoms with Crippen LogP contribution in [-0.2, 0) is 13.1 Å². The van der Waals surface area contributed by atoms with E-state index in [0.29, 0.717) is 0 Å². The molecule has 0 saturated heterocycles. The molecule has 0 saturated carbocycles. The monoisotopic (exact) mass is 343 g/mol. The van der Waals surface area contributed by atoms with E-state index < -0.39 is 0 Å². The van der Waals surface area contributed by atoms with Gasteiger partial charge >= 0.3 is 0 Å². The largest absolute Gasteiger partial charge is 0.339 e. The first-order valence-corrected chi connectivity index (χ1v) is 8.24. The number of imidazole rings is 1. The van der Waals surface area contributed by atoms with Gasteiger partial charge in [0, 0.05) is 57.3 Å². The number of nitrogens with zero attached hydrogens (tertiary/aromatic N) is 3. The highest BCUT2D eigenvalue weighted by atomic mass is 35.5. The number of hydrogen-bond donors (Lipinski definition) is 0. The zero-order chi connectivity index (χ0) is 16.0. The van der Waals surface area contributed by atoms with Gasteiger partial charge in [-0.3, -0.25) is 0 Å². The maximum Gasteiger partial charge on any atom is 0.105 e. The van der Waals surface area contributed by atoms with Gasteiger partial charge < -0.3 is 9.13 Å². The van der Waals surface area contributed by atoms with Crippen LogP contribution in [0.2, 0.25) is 10.0 Å². The molecule has 2 heterocycles. The highest BCUT2D eigenvalue weighted by Gasteiger charge is 2.11. The summed E-state index contributed by atoms with van der Waals surface area (Å²) in [4.78, 5) is 4.28. The summed E-state index contributed by atoms with van der Waals surface area (Å²) in [6, 6.07) is 12.0. The summed E-state index contributed by atoms with van der Waals surface area (Å²) in [7, 11) is 0. The van der Waals surface area contributed by atoms with Gasteiger partial charge in [-0.1, -0.05) is 23.2 Å². The molecular weight excluding hydrogens is 329 g/mol. The van der Waals surface area contributed by atoms with Crippen LogP contribution in [0.25, 0.3) is 21.8 Å². The quantitative estimate of drug-likeness (QED) is 0.494. The molecular formula is C18H15Cl2N3. The topological polar surface area (TPSA) is 22.8 Å². The Balaban J connectivity index is 1.88. The smallest absolute Gasteiger partial charge is 0.105 e. The molecule has 0 amide bonds. The Kier molecular flexibility index (Phi) is 3.55. The lowest BCUT2D eigenvalue weighted by Gasteiger charge is -2.09. The van der Waals surface area contributed by atoms with Crippen LogP contribution >= 0.6 is 23.2 Å². The molecule has 0 aliphatic carbocycles. The van der Waals surface area contributed by atoms with Crippen LogP contribution in [0.3, 0.4) is 0 Å². The zero-order valence-corrected chi connectivity index (χ0v) is 14.1. The second kappa shape index (κ2) is 5.59. The third-order valence-corrected chi connectivity index (χ3v) is 4.75. The summed E-state index contributed by atoms with van der Waals surface area (Å²) >= 11 is 12.4. The minimum atomic E-state index is 0.738. The summed E-state index contributed by atoms with van der Waals surface area (Å²) in [5.41, 5.74) is 2.34. The highest BCUT2D eigenvalue weighted by Crippen LogP contribution is 2.32. The summed E-state index contributed by atoms with van der Waals surface area (Å²) in [5, 5.41) is 3.75. The molecule has 2 aromatic heterocycles. The number of hydrogen-bond acceptors (Lipinski definition) is 1. The van der Waals surface area contributed by atoms with Crippen LogP contribution in [0.4, 0.5) is 0 Å². The van der Waals surface area contributed by atoms with Crippen molar-refractivity contribution < 1.29 is 0 Å². The number of fused-ring (bicyclic) bond motifs is 3. The highest BCUT2D eigenvalue weighted by molar-refractivity contribution is 6.33. The van der Waals surface area contributed by atoms with Crippen LogP contribution in [0.15, 0.2) is 48.8 Å². The number of rotatable bonds is 3. The van der Waals surface area contributed by atoms with E-state index in [1.807, 2.05) is 43.6 Å². The van der Waals surface area contributed by atoms with Gasteiger partial charge in [0.15, 0.2) is 0 Å². The van der Waals surface area contributed by atoms with E-state index in [1.165, 1.54) is 11.0 Å². The lowest BCUT2D eigenvalue weighted by molar-refractivity contribution is 0.590. The second-order valence-corrected chi connectivity index (χ2v) is 6.52. The van der Waals surface area contributed by atoms with E-state index in [0.717, 1.165) is 39.7 Å². The van der Waals surface area contributed by atoms with Crippen LogP contribution in [0.5, 0.6) is 0 Å². The predicted molar refractivity (Wildman–Crippen MR) is 96.4 cm³/mol. The molecule has 0 N–H and O–H groups in total. The number of aromatic nitrogens is 3. The van der Waals surface area contributed by atoms with Crippen LogP contribution < -0.4 is 0 Å². The van der Waals surface area contributed by atoms with E-state index >= 15 is 0 Å². The lowest BCUT2D eigenvalue weighted by atomic mass is 10.1. The molecule has 4 aromatic rings. The first kappa shape index (κ1) is 14.6. The molecule has 4 rings (SSSR count). The number of benzene rings is 2. The zero-order valence-electron chi connectivity index (χ0n) is 12.6. The molecule has 2 aromatic carbocycles. The standard InChI is InChI=1S/C18H15Cl2N3/c1-12-21-6-7-22(12)8-9-23-17-4-2-13(19)10-15(17)16-11-14(20)3-5-18(16)23/h2-7,10-11H,8-9H2,1H3. The van der Waals surface area contributed by atoms with Crippen molar-refractivity contribution in [2.24, 2.45) is 0 Å². The Morgan fingerprint density at radius 3 is 2.04 bits per heavy atom. The SMILES string of the molecule is Cc1nccn1CCn1c2ccc(Cl)cc2c2cc(Cl)ccc21. The van der Waals surface area contributed by atoms with Gasteiger partial charge in [0.25, 0.3) is 0 Å². The van der Waals surface area contributed by atoms with Crippen molar-refractivity contribution in [3.05, 3.63) is 64.7 Å². The molecule has 0 spiro atoms.